The molecular weight excluding hydrogens is 362 g/mol. The molecule has 0 aromatic heterocycles. The number of hydrogen-bond acceptors (Lipinski definition) is 8. The Morgan fingerprint density at radius 1 is 1.36 bits per heavy atom. The lowest BCUT2D eigenvalue weighted by atomic mass is 10.1. The van der Waals surface area contributed by atoms with Gasteiger partial charge in [-0.25, -0.2) is 13.8 Å². The largest absolute Gasteiger partial charge is 0.391 e. The lowest BCUT2D eigenvalue weighted by Gasteiger charge is -2.40. The Hall–Kier alpha value is -2.39. The number of nitrogens with one attached hydrogen (secondary N) is 2. The zero-order valence-corrected chi connectivity index (χ0v) is 13.5. The molecule has 6 N–H and O–H groups in total. The van der Waals surface area contributed by atoms with Gasteiger partial charge >= 0.3 is 12.1 Å². The van der Waals surface area contributed by atoms with Crippen molar-refractivity contribution in [1.29, 1.82) is 0 Å². The third-order valence-electron chi connectivity index (χ3n) is 3.15. The van der Waals surface area contributed by atoms with Gasteiger partial charge in [0, 0.05) is 11.6 Å². The molecule has 0 bridgehead atoms. The van der Waals surface area contributed by atoms with E-state index >= 15 is 0 Å². The van der Waals surface area contributed by atoms with Crippen molar-refractivity contribution in [2.24, 2.45) is 4.40 Å². The summed E-state index contributed by atoms with van der Waals surface area (Å²) in [5, 5.41) is 41.4. The van der Waals surface area contributed by atoms with Crippen LogP contribution >= 0.6 is 0 Å². The number of imide groups is 1. The lowest BCUT2D eigenvalue weighted by Crippen LogP contribution is -2.68. The molecule has 140 valence electrons. The summed E-state index contributed by atoms with van der Waals surface area (Å²) in [6, 6.07) is -2.14. The molecular formula is C11H17N5O8S. The van der Waals surface area contributed by atoms with Crippen molar-refractivity contribution in [3.05, 3.63) is 11.5 Å². The summed E-state index contributed by atoms with van der Waals surface area (Å²) in [7, 11) is -1.03. The molecule has 0 aromatic rings. The number of carbonyl (C=O) groups excluding carboxylic acids is 3. The molecule has 2 atom stereocenters. The third-order valence-corrected chi connectivity index (χ3v) is 3.87. The van der Waals surface area contributed by atoms with Gasteiger partial charge in [0.1, 0.15) is 20.2 Å². The van der Waals surface area contributed by atoms with Crippen LogP contribution in [-0.4, -0.2) is 91.1 Å². The minimum Gasteiger partial charge on any atom is -0.391 e. The van der Waals surface area contributed by atoms with Gasteiger partial charge < -0.3 is 25.7 Å². The van der Waals surface area contributed by atoms with Crippen LogP contribution in [0.5, 0.6) is 0 Å². The maximum atomic E-state index is 11.8. The molecule has 2 aliphatic rings. The van der Waals surface area contributed by atoms with E-state index < -0.39 is 61.4 Å². The second kappa shape index (κ2) is 9.19. The van der Waals surface area contributed by atoms with Gasteiger partial charge in [0.05, 0.1) is 6.61 Å². The fourth-order valence-electron chi connectivity index (χ4n) is 1.99. The molecule has 1 fully saturated rings. The van der Waals surface area contributed by atoms with Crippen LogP contribution in [0.3, 0.4) is 0 Å². The van der Waals surface area contributed by atoms with Crippen LogP contribution in [0.1, 0.15) is 0 Å². The Morgan fingerprint density at radius 2 is 2.04 bits per heavy atom. The number of aliphatic hydroxyl groups is 4. The zero-order chi connectivity index (χ0) is 19.0. The number of amides is 5. The summed E-state index contributed by atoms with van der Waals surface area (Å²) in [5.74, 6) is -1.09. The molecule has 14 heteroatoms. The maximum Gasteiger partial charge on any atom is 0.328 e. The monoisotopic (exact) mass is 379 g/mol. The van der Waals surface area contributed by atoms with E-state index in [4.69, 9.17) is 15.3 Å². The van der Waals surface area contributed by atoms with Gasteiger partial charge in [-0.2, -0.15) is 4.40 Å². The zero-order valence-electron chi connectivity index (χ0n) is 12.7. The SMILES string of the molecule is O=C(NCO)N(CO)C1(CO)C(=O)NC(=O)N1CO.O=S1C=CC=N1. The van der Waals surface area contributed by atoms with Gasteiger partial charge in [0.15, 0.2) is 11.0 Å². The summed E-state index contributed by atoms with van der Waals surface area (Å²) in [4.78, 5) is 35.7. The minimum absolute atomic E-state index is 0.402. The van der Waals surface area contributed by atoms with Gasteiger partial charge in [-0.3, -0.25) is 19.9 Å². The Morgan fingerprint density at radius 3 is 2.40 bits per heavy atom. The lowest BCUT2D eigenvalue weighted by molar-refractivity contribution is -0.147. The number of urea groups is 2. The van der Waals surface area contributed by atoms with Crippen LogP contribution in [0.4, 0.5) is 9.59 Å². The fourth-order valence-corrected chi connectivity index (χ4v) is 2.46. The average molecular weight is 379 g/mol. The van der Waals surface area contributed by atoms with E-state index in [0.29, 0.717) is 9.80 Å². The number of allylic oxidation sites excluding steroid dienone is 1. The minimum atomic E-state index is -2.28. The van der Waals surface area contributed by atoms with Crippen LogP contribution in [0.15, 0.2) is 15.9 Å². The molecule has 0 aliphatic carbocycles. The molecule has 2 unspecified atom stereocenters. The van der Waals surface area contributed by atoms with Gasteiger partial charge in [0.25, 0.3) is 5.91 Å². The van der Waals surface area contributed by atoms with Crippen molar-refractivity contribution in [3.8, 4) is 0 Å². The molecule has 1 saturated heterocycles. The van der Waals surface area contributed by atoms with E-state index in [2.05, 4.69) is 4.40 Å². The highest BCUT2D eigenvalue weighted by Crippen LogP contribution is 2.25. The first-order chi connectivity index (χ1) is 11.9. The highest BCUT2D eigenvalue weighted by Gasteiger charge is 2.58. The van der Waals surface area contributed by atoms with Crippen molar-refractivity contribution in [3.63, 3.8) is 0 Å². The molecule has 13 nitrogen and oxygen atoms in total. The molecule has 0 aromatic carbocycles. The molecule has 2 heterocycles. The summed E-state index contributed by atoms with van der Waals surface area (Å²) < 4.78 is 13.5. The predicted octanol–water partition coefficient (Wildman–Crippen LogP) is -3.66. The Bertz CT molecular complexity index is 597. The smallest absolute Gasteiger partial charge is 0.328 e. The van der Waals surface area contributed by atoms with Crippen molar-refractivity contribution < 1.29 is 39.0 Å². The van der Waals surface area contributed by atoms with Gasteiger partial charge in [-0.05, 0) is 6.08 Å². The van der Waals surface area contributed by atoms with E-state index in [1.54, 1.807) is 11.4 Å². The van der Waals surface area contributed by atoms with Crippen molar-refractivity contribution in [1.82, 2.24) is 20.4 Å². The molecule has 0 spiro atoms. The van der Waals surface area contributed by atoms with Gasteiger partial charge in [0.2, 0.25) is 5.66 Å². The van der Waals surface area contributed by atoms with Crippen LogP contribution < -0.4 is 10.6 Å². The average Bonchev–Trinajstić information content (AvgIpc) is 3.14. The quantitative estimate of drug-likeness (QED) is 0.208. The van der Waals surface area contributed by atoms with Crippen LogP contribution in [0.2, 0.25) is 0 Å². The predicted molar refractivity (Wildman–Crippen MR) is 82.6 cm³/mol. The molecule has 5 amide bonds. The standard InChI is InChI=1S/C8H14N4O7.C3H3NOS/c13-1-8(11(3-15)6(18)9-2-14)5(17)10-7(19)12(8)4-16;5-6-3-1-2-4-6/h13-16H,1-4H2,(H,9,18)(H,10,17,19);1-3H. The van der Waals surface area contributed by atoms with Crippen LogP contribution in [0.25, 0.3) is 0 Å². The van der Waals surface area contributed by atoms with Crippen LogP contribution in [-0.2, 0) is 15.8 Å². The first-order valence-corrected chi connectivity index (χ1v) is 7.79. The van der Waals surface area contributed by atoms with E-state index in [1.807, 2.05) is 5.32 Å². The number of aliphatic hydroxyl groups excluding tert-OH is 4. The molecule has 0 saturated carbocycles. The first-order valence-electron chi connectivity index (χ1n) is 6.62. The summed E-state index contributed by atoms with van der Waals surface area (Å²) in [6.07, 6.45) is 3.19. The summed E-state index contributed by atoms with van der Waals surface area (Å²) >= 11 is 0. The topological polar surface area (TPSA) is 192 Å². The highest BCUT2D eigenvalue weighted by molar-refractivity contribution is 7.87. The number of nitrogens with zero attached hydrogens (tertiary/aromatic N) is 3. The maximum absolute atomic E-state index is 11.8. The first kappa shape index (κ1) is 20.7. The highest BCUT2D eigenvalue weighted by atomic mass is 32.2. The van der Waals surface area contributed by atoms with Crippen LogP contribution in [0, 0.1) is 0 Å². The summed E-state index contributed by atoms with van der Waals surface area (Å²) in [5.41, 5.74) is -2.28. The van der Waals surface area contributed by atoms with Gasteiger partial charge in [-0.1, -0.05) is 0 Å². The Balaban J connectivity index is 0.000000435. The fraction of sp³-hybridized carbons (Fsp3) is 0.455. The van der Waals surface area contributed by atoms with Gasteiger partial charge in [-0.15, -0.1) is 0 Å². The van der Waals surface area contributed by atoms with E-state index in [1.165, 1.54) is 11.6 Å². The van der Waals surface area contributed by atoms with Crippen molar-refractivity contribution >= 4 is 35.2 Å². The van der Waals surface area contributed by atoms with Crippen molar-refractivity contribution in [2.45, 2.75) is 5.66 Å². The summed E-state index contributed by atoms with van der Waals surface area (Å²) in [6.45, 7) is -3.85. The Labute approximate surface area is 143 Å². The van der Waals surface area contributed by atoms with E-state index in [0.717, 1.165) is 0 Å². The number of rotatable bonds is 5. The number of carbonyl (C=O) groups is 3. The molecule has 2 aliphatic heterocycles. The third kappa shape index (κ3) is 4.18. The molecule has 2 rings (SSSR count). The molecule has 25 heavy (non-hydrogen) atoms. The normalized spacial score (nSPS) is 24.0. The van der Waals surface area contributed by atoms with E-state index in [9.17, 15) is 23.7 Å². The number of hydrogen-bond donors (Lipinski definition) is 6. The second-order valence-electron chi connectivity index (χ2n) is 4.37. The molecule has 0 radical (unpaired) electrons. The van der Waals surface area contributed by atoms with Crippen molar-refractivity contribution in [2.75, 3.05) is 26.8 Å². The van der Waals surface area contributed by atoms with E-state index in [-0.39, 0.29) is 0 Å². The second-order valence-corrected chi connectivity index (χ2v) is 5.41. The Kier molecular flexibility index (Phi) is 7.59.